The van der Waals surface area contributed by atoms with Crippen molar-refractivity contribution in [1.29, 1.82) is 0 Å². The second-order valence-corrected chi connectivity index (χ2v) is 10.3. The van der Waals surface area contributed by atoms with Gasteiger partial charge in [0.1, 0.15) is 6.04 Å². The van der Waals surface area contributed by atoms with E-state index in [2.05, 4.69) is 41.4 Å². The van der Waals surface area contributed by atoms with Crippen molar-refractivity contribution in [3.05, 3.63) is 65.2 Å². The Bertz CT molecular complexity index is 961. The second kappa shape index (κ2) is 10.5. The van der Waals surface area contributed by atoms with Gasteiger partial charge in [0, 0.05) is 31.6 Å². The maximum Gasteiger partial charge on any atom is 0.247 e. The molecule has 5 heteroatoms. The Balaban J connectivity index is 1.42. The van der Waals surface area contributed by atoms with Crippen LogP contribution in [0.5, 0.6) is 0 Å². The minimum absolute atomic E-state index is 0.0471. The largest absolute Gasteiger partial charge is 0.326 e. The average Bonchev–Trinajstić information content (AvgIpc) is 2.80. The molecule has 1 unspecified atom stereocenters. The summed E-state index contributed by atoms with van der Waals surface area (Å²) in [4.78, 5) is 30.6. The van der Waals surface area contributed by atoms with Gasteiger partial charge in [0.05, 0.1) is 0 Å². The van der Waals surface area contributed by atoms with Crippen LogP contribution < -0.4 is 5.32 Å². The molecule has 1 N–H and O–H groups in total. The molecule has 2 aliphatic rings. The molecule has 0 saturated carbocycles. The molecule has 5 nitrogen and oxygen atoms in total. The van der Waals surface area contributed by atoms with Crippen LogP contribution in [0.2, 0.25) is 0 Å². The third-order valence-electron chi connectivity index (χ3n) is 6.96. The highest BCUT2D eigenvalue weighted by atomic mass is 16.2. The van der Waals surface area contributed by atoms with Crippen LogP contribution in [0.15, 0.2) is 48.5 Å². The summed E-state index contributed by atoms with van der Waals surface area (Å²) in [5.74, 6) is 1.02. The number of piperidine rings is 1. The van der Waals surface area contributed by atoms with Gasteiger partial charge in [-0.15, -0.1) is 0 Å². The highest BCUT2D eigenvalue weighted by Crippen LogP contribution is 2.26. The predicted molar refractivity (Wildman–Crippen MR) is 133 cm³/mol. The van der Waals surface area contributed by atoms with E-state index in [1.807, 2.05) is 38.1 Å². The highest BCUT2D eigenvalue weighted by Gasteiger charge is 2.34. The van der Waals surface area contributed by atoms with Crippen molar-refractivity contribution in [3.63, 3.8) is 0 Å². The Kier molecular flexibility index (Phi) is 7.49. The molecule has 1 atom stereocenters. The number of carbonyl (C=O) groups is 2. The lowest BCUT2D eigenvalue weighted by atomic mass is 9.92. The van der Waals surface area contributed by atoms with E-state index in [1.165, 1.54) is 18.4 Å². The highest BCUT2D eigenvalue weighted by molar-refractivity contribution is 5.97. The molecule has 4 rings (SSSR count). The van der Waals surface area contributed by atoms with Gasteiger partial charge in [-0.1, -0.05) is 57.2 Å². The molecular formula is C28H37N3O2. The molecule has 176 valence electrons. The zero-order valence-electron chi connectivity index (χ0n) is 20.2. The van der Waals surface area contributed by atoms with Gasteiger partial charge in [-0.3, -0.25) is 14.5 Å². The number of fused-ring (bicyclic) bond motifs is 1. The Morgan fingerprint density at radius 2 is 1.67 bits per heavy atom. The zero-order chi connectivity index (χ0) is 23.4. The van der Waals surface area contributed by atoms with Crippen LogP contribution >= 0.6 is 0 Å². The minimum Gasteiger partial charge on any atom is -0.326 e. The first-order valence-electron chi connectivity index (χ1n) is 12.4. The maximum absolute atomic E-state index is 13.3. The van der Waals surface area contributed by atoms with Gasteiger partial charge in [0.25, 0.3) is 0 Å². The van der Waals surface area contributed by atoms with Crippen LogP contribution in [-0.4, -0.2) is 40.7 Å². The molecule has 0 radical (unpaired) electrons. The molecule has 1 saturated heterocycles. The fraction of sp³-hybridized carbons (Fsp3) is 0.500. The summed E-state index contributed by atoms with van der Waals surface area (Å²) in [6.45, 7) is 10.2. The summed E-state index contributed by atoms with van der Waals surface area (Å²) < 4.78 is 0. The van der Waals surface area contributed by atoms with Crippen molar-refractivity contribution in [2.75, 3.05) is 18.4 Å². The van der Waals surface area contributed by atoms with Crippen molar-refractivity contribution < 1.29 is 9.59 Å². The quantitative estimate of drug-likeness (QED) is 0.688. The Hall–Kier alpha value is -2.66. The summed E-state index contributed by atoms with van der Waals surface area (Å²) in [5.41, 5.74) is 4.33. The first kappa shape index (κ1) is 23.5. The summed E-state index contributed by atoms with van der Waals surface area (Å²) in [6, 6.07) is 15.8. The average molecular weight is 448 g/mol. The lowest BCUT2D eigenvalue weighted by Gasteiger charge is -2.36. The first-order valence-corrected chi connectivity index (χ1v) is 12.4. The molecule has 0 aromatic heterocycles. The van der Waals surface area contributed by atoms with Gasteiger partial charge in [-0.2, -0.15) is 0 Å². The monoisotopic (exact) mass is 447 g/mol. The molecule has 0 spiro atoms. The van der Waals surface area contributed by atoms with E-state index >= 15 is 0 Å². The van der Waals surface area contributed by atoms with Crippen LogP contribution in [0, 0.1) is 11.8 Å². The van der Waals surface area contributed by atoms with Crippen LogP contribution in [0.4, 0.5) is 5.69 Å². The number of carbonyl (C=O) groups excluding carboxylic acids is 2. The van der Waals surface area contributed by atoms with Gasteiger partial charge in [0.2, 0.25) is 11.8 Å². The van der Waals surface area contributed by atoms with Crippen molar-refractivity contribution >= 4 is 17.5 Å². The number of anilines is 1. The molecule has 2 amide bonds. The third-order valence-corrected chi connectivity index (χ3v) is 6.96. The standard InChI is InChI=1S/C28H37N3O2/c1-20(2)16-27(32)31-19-24-7-5-4-6-23(24)17-26(31)28(33)29-25-10-8-22(9-11-25)18-30-14-12-21(3)13-15-30/h4-11,20-21,26H,12-19H2,1-3H3,(H,29,33). The number of hydrogen-bond donors (Lipinski definition) is 1. The van der Waals surface area contributed by atoms with Gasteiger partial charge in [-0.05, 0) is 66.6 Å². The smallest absolute Gasteiger partial charge is 0.247 e. The number of likely N-dealkylation sites (tertiary alicyclic amines) is 1. The molecule has 2 heterocycles. The van der Waals surface area contributed by atoms with Crippen molar-refractivity contribution in [2.24, 2.45) is 11.8 Å². The third kappa shape index (κ3) is 6.02. The van der Waals surface area contributed by atoms with Crippen LogP contribution in [-0.2, 0) is 29.1 Å². The predicted octanol–water partition coefficient (Wildman–Crippen LogP) is 4.86. The number of rotatable bonds is 6. The van der Waals surface area contributed by atoms with Gasteiger partial charge in [0.15, 0.2) is 0 Å². The van der Waals surface area contributed by atoms with Gasteiger partial charge >= 0.3 is 0 Å². The Morgan fingerprint density at radius 3 is 2.33 bits per heavy atom. The van der Waals surface area contributed by atoms with Crippen LogP contribution in [0.25, 0.3) is 0 Å². The number of benzene rings is 2. The van der Waals surface area contributed by atoms with Crippen molar-refractivity contribution in [3.8, 4) is 0 Å². The van der Waals surface area contributed by atoms with Crippen molar-refractivity contribution in [2.45, 2.75) is 65.6 Å². The summed E-state index contributed by atoms with van der Waals surface area (Å²) in [5, 5.41) is 3.07. The summed E-state index contributed by atoms with van der Waals surface area (Å²) >= 11 is 0. The molecule has 0 aliphatic carbocycles. The van der Waals surface area contributed by atoms with E-state index in [0.29, 0.717) is 19.4 Å². The van der Waals surface area contributed by atoms with Crippen LogP contribution in [0.3, 0.4) is 0 Å². The SMILES string of the molecule is CC(C)CC(=O)N1Cc2ccccc2CC1C(=O)Nc1ccc(CN2CCC(C)CC2)cc1. The molecule has 33 heavy (non-hydrogen) atoms. The van der Waals surface area contributed by atoms with E-state index in [9.17, 15) is 9.59 Å². The lowest BCUT2D eigenvalue weighted by Crippen LogP contribution is -2.50. The maximum atomic E-state index is 13.3. The summed E-state index contributed by atoms with van der Waals surface area (Å²) in [6.07, 6.45) is 3.54. The molecule has 2 aromatic carbocycles. The molecule has 0 bridgehead atoms. The van der Waals surface area contributed by atoms with E-state index in [-0.39, 0.29) is 17.7 Å². The minimum atomic E-state index is -0.485. The Morgan fingerprint density at radius 1 is 1.00 bits per heavy atom. The number of nitrogens with one attached hydrogen (secondary N) is 1. The normalized spacial score (nSPS) is 19.4. The van der Waals surface area contributed by atoms with Gasteiger partial charge < -0.3 is 10.2 Å². The van der Waals surface area contributed by atoms with Crippen LogP contribution in [0.1, 0.15) is 56.7 Å². The van der Waals surface area contributed by atoms with E-state index < -0.39 is 6.04 Å². The second-order valence-electron chi connectivity index (χ2n) is 10.3. The fourth-order valence-electron chi connectivity index (χ4n) is 4.88. The topological polar surface area (TPSA) is 52.7 Å². The van der Waals surface area contributed by atoms with Crippen molar-refractivity contribution in [1.82, 2.24) is 9.80 Å². The molecule has 1 fully saturated rings. The number of amides is 2. The molecular weight excluding hydrogens is 410 g/mol. The zero-order valence-corrected chi connectivity index (χ0v) is 20.2. The van der Waals surface area contributed by atoms with Gasteiger partial charge in [-0.25, -0.2) is 0 Å². The van der Waals surface area contributed by atoms with E-state index in [1.54, 1.807) is 4.90 Å². The number of nitrogens with zero attached hydrogens (tertiary/aromatic N) is 2. The van der Waals surface area contributed by atoms with E-state index in [4.69, 9.17) is 0 Å². The first-order chi connectivity index (χ1) is 15.9. The number of hydrogen-bond acceptors (Lipinski definition) is 3. The summed E-state index contributed by atoms with van der Waals surface area (Å²) in [7, 11) is 0. The molecule has 2 aliphatic heterocycles. The lowest BCUT2D eigenvalue weighted by molar-refractivity contribution is -0.140. The Labute approximate surface area is 198 Å². The van der Waals surface area contributed by atoms with E-state index in [0.717, 1.165) is 42.4 Å². The fourth-order valence-corrected chi connectivity index (χ4v) is 4.88. The molecule has 2 aromatic rings.